The van der Waals surface area contributed by atoms with E-state index in [0.717, 1.165) is 4.47 Å². The second kappa shape index (κ2) is 7.59. The molecule has 2 aliphatic rings. The number of fused-ring (bicyclic) bond motifs is 1. The minimum atomic E-state index is -0.771. The van der Waals surface area contributed by atoms with Crippen LogP contribution in [0.4, 0.5) is 5.69 Å². The van der Waals surface area contributed by atoms with Gasteiger partial charge in [0.1, 0.15) is 5.76 Å². The van der Waals surface area contributed by atoms with Crippen LogP contribution in [0.2, 0.25) is 0 Å². The zero-order valence-electron chi connectivity index (χ0n) is 16.1. The smallest absolute Gasteiger partial charge is 0.300 e. The van der Waals surface area contributed by atoms with Gasteiger partial charge >= 0.3 is 0 Å². The van der Waals surface area contributed by atoms with Crippen molar-refractivity contribution < 1.29 is 24.2 Å². The Morgan fingerprint density at radius 3 is 2.39 bits per heavy atom. The highest BCUT2D eigenvalue weighted by molar-refractivity contribution is 9.10. The van der Waals surface area contributed by atoms with E-state index in [0.29, 0.717) is 28.3 Å². The van der Waals surface area contributed by atoms with Crippen LogP contribution in [0.15, 0.2) is 82.8 Å². The molecule has 1 saturated heterocycles. The van der Waals surface area contributed by atoms with Crippen LogP contribution in [0, 0.1) is 0 Å². The average Bonchev–Trinajstić information content (AvgIpc) is 3.37. The third-order valence-corrected chi connectivity index (χ3v) is 5.84. The largest absolute Gasteiger partial charge is 0.507 e. The number of carbonyl (C=O) groups excluding carboxylic acids is 2. The summed E-state index contributed by atoms with van der Waals surface area (Å²) in [5.74, 6) is -0.663. The van der Waals surface area contributed by atoms with Crippen molar-refractivity contribution in [1.29, 1.82) is 0 Å². The Labute approximate surface area is 186 Å². The van der Waals surface area contributed by atoms with Gasteiger partial charge in [0.15, 0.2) is 11.5 Å². The highest BCUT2D eigenvalue weighted by atomic mass is 79.9. The summed E-state index contributed by atoms with van der Waals surface area (Å²) in [6, 6.07) is 20.4. The van der Waals surface area contributed by atoms with Crippen molar-refractivity contribution >= 4 is 39.1 Å². The van der Waals surface area contributed by atoms with Crippen molar-refractivity contribution in [3.63, 3.8) is 0 Å². The number of rotatable bonds is 3. The number of aliphatic hydroxyl groups is 1. The highest BCUT2D eigenvalue weighted by Crippen LogP contribution is 2.43. The standard InChI is InChI=1S/C24H16BrNO5/c25-16-7-9-17(10-8-16)26-21(14-4-2-1-3-5-14)20(23(28)24(26)29)22(27)15-6-11-18-19(12-15)31-13-30-18/h1-12,21,27H,13H2/b22-20-. The van der Waals surface area contributed by atoms with E-state index >= 15 is 0 Å². The Balaban J connectivity index is 1.69. The summed E-state index contributed by atoms with van der Waals surface area (Å²) in [6.45, 7) is 0.0948. The van der Waals surface area contributed by atoms with Crippen molar-refractivity contribution in [2.45, 2.75) is 6.04 Å². The molecule has 31 heavy (non-hydrogen) atoms. The van der Waals surface area contributed by atoms with Gasteiger partial charge in [0, 0.05) is 15.7 Å². The molecule has 6 nitrogen and oxygen atoms in total. The van der Waals surface area contributed by atoms with Gasteiger partial charge in [-0.3, -0.25) is 14.5 Å². The van der Waals surface area contributed by atoms with Gasteiger partial charge in [-0.2, -0.15) is 0 Å². The van der Waals surface area contributed by atoms with E-state index in [-0.39, 0.29) is 18.1 Å². The number of carbonyl (C=O) groups is 2. The molecule has 1 unspecified atom stereocenters. The van der Waals surface area contributed by atoms with Crippen LogP contribution in [0.25, 0.3) is 5.76 Å². The first-order valence-electron chi connectivity index (χ1n) is 9.56. The van der Waals surface area contributed by atoms with Gasteiger partial charge < -0.3 is 14.6 Å². The molecule has 0 aliphatic carbocycles. The van der Waals surface area contributed by atoms with E-state index in [1.165, 1.54) is 4.90 Å². The number of hydrogen-bond acceptors (Lipinski definition) is 5. The number of ether oxygens (including phenoxy) is 2. The van der Waals surface area contributed by atoms with E-state index in [9.17, 15) is 14.7 Å². The Kier molecular flexibility index (Phi) is 4.75. The van der Waals surface area contributed by atoms with Crippen molar-refractivity contribution in [3.8, 4) is 11.5 Å². The predicted molar refractivity (Wildman–Crippen MR) is 118 cm³/mol. The Bertz CT molecular complexity index is 1220. The van der Waals surface area contributed by atoms with Crippen LogP contribution in [-0.4, -0.2) is 23.6 Å². The van der Waals surface area contributed by atoms with E-state index < -0.39 is 17.7 Å². The lowest BCUT2D eigenvalue weighted by molar-refractivity contribution is -0.132. The predicted octanol–water partition coefficient (Wildman–Crippen LogP) is 4.80. The molecule has 0 saturated carbocycles. The minimum Gasteiger partial charge on any atom is -0.507 e. The first kappa shape index (κ1) is 19.4. The Hall–Kier alpha value is -3.58. The SMILES string of the molecule is O=C1C(=O)N(c2ccc(Br)cc2)C(c2ccccc2)/C1=C(/O)c1ccc2c(c1)OCO2. The van der Waals surface area contributed by atoms with Gasteiger partial charge in [0.2, 0.25) is 6.79 Å². The van der Waals surface area contributed by atoms with Crippen LogP contribution >= 0.6 is 15.9 Å². The number of halogens is 1. The summed E-state index contributed by atoms with van der Waals surface area (Å²) in [5.41, 5.74) is 1.67. The molecular formula is C24H16BrNO5. The van der Waals surface area contributed by atoms with Crippen molar-refractivity contribution in [2.75, 3.05) is 11.7 Å². The zero-order chi connectivity index (χ0) is 21.5. The maximum absolute atomic E-state index is 13.1. The van der Waals surface area contributed by atoms with Crippen molar-refractivity contribution in [3.05, 3.63) is 94.0 Å². The molecule has 0 bridgehead atoms. The van der Waals surface area contributed by atoms with Gasteiger partial charge in [-0.05, 0) is 48.0 Å². The van der Waals surface area contributed by atoms with Crippen molar-refractivity contribution in [2.24, 2.45) is 0 Å². The molecule has 0 radical (unpaired) electrons. The number of aliphatic hydroxyl groups excluding tert-OH is 1. The average molecular weight is 478 g/mol. The number of ketones is 1. The molecule has 0 spiro atoms. The molecule has 0 aromatic heterocycles. The molecule has 1 N–H and O–H groups in total. The van der Waals surface area contributed by atoms with Gasteiger partial charge in [0.05, 0.1) is 11.6 Å². The molecule has 3 aromatic rings. The second-order valence-corrected chi connectivity index (χ2v) is 8.04. The topological polar surface area (TPSA) is 76.1 Å². The molecule has 1 fully saturated rings. The molecule has 1 amide bonds. The quantitative estimate of drug-likeness (QED) is 0.333. The molecular weight excluding hydrogens is 462 g/mol. The van der Waals surface area contributed by atoms with Gasteiger partial charge in [0.25, 0.3) is 11.7 Å². The fraction of sp³-hybridized carbons (Fsp3) is 0.0833. The molecule has 2 heterocycles. The summed E-state index contributed by atoms with van der Waals surface area (Å²) in [4.78, 5) is 27.6. The Morgan fingerprint density at radius 2 is 1.65 bits per heavy atom. The number of nitrogens with zero attached hydrogens (tertiary/aromatic N) is 1. The van der Waals surface area contributed by atoms with Crippen LogP contribution in [0.1, 0.15) is 17.2 Å². The first-order chi connectivity index (χ1) is 15.0. The highest BCUT2D eigenvalue weighted by Gasteiger charge is 2.47. The zero-order valence-corrected chi connectivity index (χ0v) is 17.7. The minimum absolute atomic E-state index is 0.0259. The van der Waals surface area contributed by atoms with E-state index in [1.807, 2.05) is 30.3 Å². The van der Waals surface area contributed by atoms with Crippen LogP contribution in [0.3, 0.4) is 0 Å². The maximum atomic E-state index is 13.1. The van der Waals surface area contributed by atoms with E-state index in [2.05, 4.69) is 15.9 Å². The molecule has 5 rings (SSSR count). The first-order valence-corrected chi connectivity index (χ1v) is 10.4. The van der Waals surface area contributed by atoms with Crippen molar-refractivity contribution in [1.82, 2.24) is 0 Å². The lowest BCUT2D eigenvalue weighted by Gasteiger charge is -2.25. The van der Waals surface area contributed by atoms with Gasteiger partial charge in [-0.25, -0.2) is 0 Å². The van der Waals surface area contributed by atoms with Crippen LogP contribution in [-0.2, 0) is 9.59 Å². The summed E-state index contributed by atoms with van der Waals surface area (Å²) < 4.78 is 11.6. The van der Waals surface area contributed by atoms with Gasteiger partial charge in [-0.15, -0.1) is 0 Å². The molecule has 1 atom stereocenters. The van der Waals surface area contributed by atoms with Crippen LogP contribution in [0.5, 0.6) is 11.5 Å². The Morgan fingerprint density at radius 1 is 0.935 bits per heavy atom. The third kappa shape index (κ3) is 3.27. The van der Waals surface area contributed by atoms with E-state index in [4.69, 9.17) is 9.47 Å². The third-order valence-electron chi connectivity index (χ3n) is 5.31. The fourth-order valence-electron chi connectivity index (χ4n) is 3.85. The number of amides is 1. The van der Waals surface area contributed by atoms with Gasteiger partial charge in [-0.1, -0.05) is 46.3 Å². The number of hydrogen-bond donors (Lipinski definition) is 1. The molecule has 2 aliphatic heterocycles. The molecule has 154 valence electrons. The van der Waals surface area contributed by atoms with Crippen LogP contribution < -0.4 is 14.4 Å². The molecule has 7 heteroatoms. The summed E-state index contributed by atoms with van der Waals surface area (Å²) >= 11 is 3.39. The summed E-state index contributed by atoms with van der Waals surface area (Å²) in [6.07, 6.45) is 0. The fourth-order valence-corrected chi connectivity index (χ4v) is 4.11. The monoisotopic (exact) mass is 477 g/mol. The lowest BCUT2D eigenvalue weighted by Crippen LogP contribution is -2.29. The maximum Gasteiger partial charge on any atom is 0.300 e. The number of benzene rings is 3. The molecule has 3 aromatic carbocycles. The lowest BCUT2D eigenvalue weighted by atomic mass is 9.95. The normalized spacial score (nSPS) is 19.1. The number of anilines is 1. The second-order valence-electron chi connectivity index (χ2n) is 7.12. The van der Waals surface area contributed by atoms with E-state index in [1.54, 1.807) is 42.5 Å². The number of Topliss-reactive ketones (excluding diaryl/α,β-unsaturated/α-hetero) is 1. The summed E-state index contributed by atoms with van der Waals surface area (Å²) in [5, 5.41) is 11.2. The summed E-state index contributed by atoms with van der Waals surface area (Å²) in [7, 11) is 0.